The van der Waals surface area contributed by atoms with Crippen LogP contribution in [0.5, 0.6) is 5.75 Å². The Kier molecular flexibility index (Phi) is 10.4. The van der Waals surface area contributed by atoms with Crippen molar-refractivity contribution in [2.75, 3.05) is 6.61 Å². The van der Waals surface area contributed by atoms with Crippen LogP contribution in [0.25, 0.3) is 0 Å². The van der Waals surface area contributed by atoms with Crippen LogP contribution in [-0.2, 0) is 22.6 Å². The second-order valence-electron chi connectivity index (χ2n) is 9.27. The third-order valence-corrected chi connectivity index (χ3v) is 7.12. The predicted octanol–water partition coefficient (Wildman–Crippen LogP) is 6.54. The highest BCUT2D eigenvalue weighted by Crippen LogP contribution is 2.25. The summed E-state index contributed by atoms with van der Waals surface area (Å²) in [7, 11) is 0. The lowest BCUT2D eigenvalue weighted by Gasteiger charge is -2.32. The molecule has 0 aliphatic rings. The van der Waals surface area contributed by atoms with E-state index in [1.807, 2.05) is 76.2 Å². The molecule has 1 N–H and O–H groups in total. The Morgan fingerprint density at radius 3 is 2.41 bits per heavy atom. The molecule has 5 nitrogen and oxygen atoms in total. The van der Waals surface area contributed by atoms with Crippen molar-refractivity contribution in [3.8, 4) is 5.75 Å². The van der Waals surface area contributed by atoms with Gasteiger partial charge in [-0.3, -0.25) is 9.59 Å². The van der Waals surface area contributed by atoms with Gasteiger partial charge in [0.15, 0.2) is 6.61 Å². The Labute approximate surface area is 229 Å². The smallest absolute Gasteiger partial charge is 0.261 e. The maximum absolute atomic E-state index is 13.7. The monoisotopic (exact) mass is 540 g/mol. The maximum atomic E-state index is 13.7. The fourth-order valence-electron chi connectivity index (χ4n) is 3.93. The number of benzene rings is 3. The Balaban J connectivity index is 1.96. The van der Waals surface area contributed by atoms with Crippen molar-refractivity contribution >= 4 is 35.0 Å². The molecule has 7 heteroatoms. The van der Waals surface area contributed by atoms with Gasteiger partial charge in [0.25, 0.3) is 5.91 Å². The standard InChI is InChI=1S/C30H34Cl2N2O3/c1-5-21(3)33-30(36)27(16-23-11-7-6-8-12-23)34(18-24-14-15-25(31)17-26(24)32)29(35)19-37-28-13-9-10-20(2)22(28)4/h6-15,17,21,27H,5,16,18-19H2,1-4H3,(H,33,36)/t21-,27+/m1/s1. The Morgan fingerprint density at radius 1 is 1.00 bits per heavy atom. The lowest BCUT2D eigenvalue weighted by atomic mass is 10.0. The number of nitrogens with one attached hydrogen (secondary N) is 1. The second kappa shape index (κ2) is 13.5. The summed E-state index contributed by atoms with van der Waals surface area (Å²) < 4.78 is 5.95. The second-order valence-corrected chi connectivity index (χ2v) is 10.1. The zero-order valence-electron chi connectivity index (χ0n) is 21.8. The van der Waals surface area contributed by atoms with Crippen LogP contribution in [0, 0.1) is 13.8 Å². The number of ether oxygens (including phenoxy) is 1. The van der Waals surface area contributed by atoms with Gasteiger partial charge in [-0.1, -0.05) is 78.7 Å². The molecule has 0 heterocycles. The summed E-state index contributed by atoms with van der Waals surface area (Å²) in [5.41, 5.74) is 3.69. The van der Waals surface area contributed by atoms with Gasteiger partial charge in [-0.15, -0.1) is 0 Å². The fraction of sp³-hybridized carbons (Fsp3) is 0.333. The molecule has 0 aliphatic carbocycles. The molecule has 2 amide bonds. The number of halogens is 2. The maximum Gasteiger partial charge on any atom is 0.261 e. The minimum Gasteiger partial charge on any atom is -0.483 e. The summed E-state index contributed by atoms with van der Waals surface area (Å²) in [6.45, 7) is 7.83. The number of hydrogen-bond donors (Lipinski definition) is 1. The average molecular weight is 542 g/mol. The van der Waals surface area contributed by atoms with Crippen LogP contribution in [-0.4, -0.2) is 35.4 Å². The van der Waals surface area contributed by atoms with Crippen molar-refractivity contribution in [2.24, 2.45) is 0 Å². The summed E-state index contributed by atoms with van der Waals surface area (Å²) in [6.07, 6.45) is 1.13. The normalized spacial score (nSPS) is 12.5. The molecule has 196 valence electrons. The molecule has 0 saturated carbocycles. The summed E-state index contributed by atoms with van der Waals surface area (Å²) in [5.74, 6) is 0.108. The van der Waals surface area contributed by atoms with Crippen molar-refractivity contribution in [1.82, 2.24) is 10.2 Å². The Morgan fingerprint density at radius 2 is 1.73 bits per heavy atom. The summed E-state index contributed by atoms with van der Waals surface area (Å²) in [5, 5.41) is 3.99. The van der Waals surface area contributed by atoms with Crippen LogP contribution in [0.2, 0.25) is 10.0 Å². The molecule has 3 rings (SSSR count). The number of carbonyl (C=O) groups excluding carboxylic acids is 2. The minimum absolute atomic E-state index is 0.0342. The SMILES string of the molecule is CC[C@@H](C)NC(=O)[C@H](Cc1ccccc1)N(Cc1ccc(Cl)cc1Cl)C(=O)COc1cccc(C)c1C. The van der Waals surface area contributed by atoms with Gasteiger partial charge in [-0.05, 0) is 67.6 Å². The zero-order chi connectivity index (χ0) is 26.9. The van der Waals surface area contributed by atoms with Crippen molar-refractivity contribution < 1.29 is 14.3 Å². The first-order chi connectivity index (χ1) is 17.7. The topological polar surface area (TPSA) is 58.6 Å². The zero-order valence-corrected chi connectivity index (χ0v) is 23.3. The molecule has 0 aromatic heterocycles. The summed E-state index contributed by atoms with van der Waals surface area (Å²) in [4.78, 5) is 28.9. The summed E-state index contributed by atoms with van der Waals surface area (Å²) >= 11 is 12.6. The van der Waals surface area contributed by atoms with Gasteiger partial charge >= 0.3 is 0 Å². The summed E-state index contributed by atoms with van der Waals surface area (Å²) in [6, 6.07) is 19.7. The lowest BCUT2D eigenvalue weighted by Crippen LogP contribution is -2.53. The Hall–Kier alpha value is -3.02. The molecule has 0 spiro atoms. The van der Waals surface area contributed by atoms with E-state index in [0.29, 0.717) is 27.8 Å². The molecule has 0 bridgehead atoms. The molecule has 37 heavy (non-hydrogen) atoms. The molecule has 3 aromatic carbocycles. The van der Waals surface area contributed by atoms with Gasteiger partial charge in [0.1, 0.15) is 11.8 Å². The van der Waals surface area contributed by atoms with Crippen molar-refractivity contribution in [1.29, 1.82) is 0 Å². The van der Waals surface area contributed by atoms with E-state index in [1.165, 1.54) is 0 Å². The first kappa shape index (κ1) is 28.5. The Bertz CT molecular complexity index is 1220. The van der Waals surface area contributed by atoms with Crippen LogP contribution >= 0.6 is 23.2 Å². The molecule has 0 aliphatic heterocycles. The fourth-order valence-corrected chi connectivity index (χ4v) is 4.40. The number of carbonyl (C=O) groups is 2. The van der Waals surface area contributed by atoms with Gasteiger partial charge in [0, 0.05) is 29.1 Å². The molecule has 0 saturated heterocycles. The number of aryl methyl sites for hydroxylation is 1. The molecule has 0 unspecified atom stereocenters. The van der Waals surface area contributed by atoms with Gasteiger partial charge in [-0.25, -0.2) is 0 Å². The van der Waals surface area contributed by atoms with Crippen molar-refractivity contribution in [3.05, 3.63) is 99.0 Å². The average Bonchev–Trinajstić information content (AvgIpc) is 2.88. The first-order valence-corrected chi connectivity index (χ1v) is 13.2. The van der Waals surface area contributed by atoms with Crippen LogP contribution in [0.3, 0.4) is 0 Å². The number of nitrogens with zero attached hydrogens (tertiary/aromatic N) is 1. The van der Waals surface area contributed by atoms with E-state index in [1.54, 1.807) is 23.1 Å². The van der Waals surface area contributed by atoms with E-state index in [-0.39, 0.29) is 31.0 Å². The van der Waals surface area contributed by atoms with Crippen LogP contribution in [0.4, 0.5) is 0 Å². The van der Waals surface area contributed by atoms with Gasteiger partial charge in [0.2, 0.25) is 5.91 Å². The van der Waals surface area contributed by atoms with E-state index in [0.717, 1.165) is 23.1 Å². The lowest BCUT2D eigenvalue weighted by molar-refractivity contribution is -0.143. The van der Waals surface area contributed by atoms with E-state index >= 15 is 0 Å². The quantitative estimate of drug-likeness (QED) is 0.300. The van der Waals surface area contributed by atoms with E-state index < -0.39 is 6.04 Å². The van der Waals surface area contributed by atoms with E-state index in [9.17, 15) is 9.59 Å². The van der Waals surface area contributed by atoms with E-state index in [4.69, 9.17) is 27.9 Å². The van der Waals surface area contributed by atoms with Gasteiger partial charge in [-0.2, -0.15) is 0 Å². The molecule has 0 fully saturated rings. The highest BCUT2D eigenvalue weighted by molar-refractivity contribution is 6.35. The van der Waals surface area contributed by atoms with Crippen molar-refractivity contribution in [2.45, 2.75) is 59.2 Å². The van der Waals surface area contributed by atoms with Crippen LogP contribution in [0.15, 0.2) is 66.7 Å². The van der Waals surface area contributed by atoms with Gasteiger partial charge < -0.3 is 15.0 Å². The highest BCUT2D eigenvalue weighted by atomic mass is 35.5. The molecular weight excluding hydrogens is 507 g/mol. The molecular formula is C30H34Cl2N2O3. The van der Waals surface area contributed by atoms with Crippen LogP contribution < -0.4 is 10.1 Å². The molecule has 2 atom stereocenters. The predicted molar refractivity (Wildman–Crippen MR) is 150 cm³/mol. The van der Waals surface area contributed by atoms with E-state index in [2.05, 4.69) is 5.32 Å². The number of hydrogen-bond acceptors (Lipinski definition) is 3. The van der Waals surface area contributed by atoms with Crippen molar-refractivity contribution in [3.63, 3.8) is 0 Å². The third-order valence-electron chi connectivity index (χ3n) is 6.53. The third kappa shape index (κ3) is 7.98. The molecule has 0 radical (unpaired) electrons. The minimum atomic E-state index is -0.766. The van der Waals surface area contributed by atoms with Gasteiger partial charge in [0.05, 0.1) is 0 Å². The largest absolute Gasteiger partial charge is 0.483 e. The first-order valence-electron chi connectivity index (χ1n) is 12.5. The molecule has 3 aromatic rings. The van der Waals surface area contributed by atoms with Crippen LogP contribution in [0.1, 0.15) is 42.5 Å². The number of amides is 2. The number of rotatable bonds is 11. The highest BCUT2D eigenvalue weighted by Gasteiger charge is 2.31.